The Balaban J connectivity index is 0.000000141. The van der Waals surface area contributed by atoms with Crippen molar-refractivity contribution >= 4 is 51.7 Å². The van der Waals surface area contributed by atoms with Crippen molar-refractivity contribution in [3.8, 4) is 22.6 Å². The summed E-state index contributed by atoms with van der Waals surface area (Å²) in [6.45, 7) is 23.7. The molecule has 4 aromatic heterocycles. The van der Waals surface area contributed by atoms with Crippen molar-refractivity contribution in [3.05, 3.63) is 154 Å². The van der Waals surface area contributed by atoms with Gasteiger partial charge in [-0.25, -0.2) is 9.97 Å². The number of aryl methyl sites for hydroxylation is 4. The fraction of sp³-hybridized carbons (Fsp3) is 0.500. The minimum atomic E-state index is -0.334. The van der Waals surface area contributed by atoms with Crippen LogP contribution in [0.15, 0.2) is 87.1 Å². The van der Waals surface area contributed by atoms with Crippen LogP contribution in [0.1, 0.15) is 157 Å². The lowest BCUT2D eigenvalue weighted by molar-refractivity contribution is 0.00578. The van der Waals surface area contributed by atoms with Gasteiger partial charge in [-0.05, 0) is 207 Å². The molecule has 86 heavy (non-hydrogen) atoms. The second-order valence-corrected chi connectivity index (χ2v) is 26.8. The third-order valence-corrected chi connectivity index (χ3v) is 19.6. The van der Waals surface area contributed by atoms with Crippen molar-refractivity contribution < 1.29 is 28.4 Å². The molecule has 5 fully saturated rings. The molecule has 7 aliphatic rings. The van der Waals surface area contributed by atoms with Crippen LogP contribution in [0.25, 0.3) is 11.1 Å². The largest absolute Gasteiger partial charge is 0.496 e. The second-order valence-electron chi connectivity index (χ2n) is 25.9. The number of pyridine rings is 4. The summed E-state index contributed by atoms with van der Waals surface area (Å²) in [6, 6.07) is 20.1. The molecule has 0 radical (unpaired) electrons. The zero-order valence-corrected chi connectivity index (χ0v) is 53.1. The molecule has 18 heteroatoms. The Morgan fingerprint density at radius 1 is 0.593 bits per heavy atom. The summed E-state index contributed by atoms with van der Waals surface area (Å²) < 4.78 is 25.9. The van der Waals surface area contributed by atoms with Crippen molar-refractivity contribution in [2.24, 2.45) is 0 Å². The van der Waals surface area contributed by atoms with Gasteiger partial charge in [-0.2, -0.15) is 0 Å². The summed E-state index contributed by atoms with van der Waals surface area (Å²) in [6.07, 6.45) is 16.1. The van der Waals surface area contributed by atoms with Gasteiger partial charge >= 0.3 is 7.12 Å². The van der Waals surface area contributed by atoms with E-state index in [1.807, 2.05) is 76.5 Å². The van der Waals surface area contributed by atoms with Gasteiger partial charge in [-0.1, -0.05) is 6.07 Å². The maximum atomic E-state index is 13.5. The molecule has 2 saturated carbocycles. The lowest BCUT2D eigenvalue weighted by atomic mass is 9.80. The number of ether oxygens (including phenoxy) is 2. The van der Waals surface area contributed by atoms with E-state index >= 15 is 0 Å². The average Bonchev–Trinajstić information content (AvgIpc) is 1.88. The Morgan fingerprint density at radius 3 is 1.50 bits per heavy atom. The number of carbonyl (C=O) groups excluding carboxylic acids is 2. The van der Waals surface area contributed by atoms with Gasteiger partial charge in [-0.15, -0.1) is 0 Å². The van der Waals surface area contributed by atoms with Crippen LogP contribution in [-0.4, -0.2) is 113 Å². The van der Waals surface area contributed by atoms with Crippen LogP contribution in [0.2, 0.25) is 0 Å². The number of fused-ring (bicyclic) bond motifs is 2. The highest BCUT2D eigenvalue weighted by molar-refractivity contribution is 9.10. The van der Waals surface area contributed by atoms with Crippen LogP contribution in [0.4, 0.5) is 11.6 Å². The molecule has 5 aliphatic heterocycles. The van der Waals surface area contributed by atoms with Gasteiger partial charge in [0.25, 0.3) is 11.1 Å². The molecular formula is C68H84BBrN8O8. The molecule has 454 valence electrons. The summed E-state index contributed by atoms with van der Waals surface area (Å²) in [5, 5.41) is 6.73. The van der Waals surface area contributed by atoms with Gasteiger partial charge in [0, 0.05) is 146 Å². The first kappa shape index (κ1) is 61.2. The maximum Gasteiger partial charge on any atom is 0.496 e. The minimum absolute atomic E-state index is 0.0474. The Kier molecular flexibility index (Phi) is 18.0. The molecule has 0 unspecified atom stereocenters. The molecule has 4 N–H and O–H groups in total. The summed E-state index contributed by atoms with van der Waals surface area (Å²) in [4.78, 5) is 70.6. The smallest absolute Gasteiger partial charge is 0.486 e. The van der Waals surface area contributed by atoms with E-state index in [2.05, 4.69) is 103 Å². The first-order valence-electron chi connectivity index (χ1n) is 31.2. The monoisotopic (exact) mass is 1230 g/mol. The molecular weight excluding hydrogens is 1150 g/mol. The lowest BCUT2D eigenvalue weighted by Crippen LogP contribution is -2.44. The van der Waals surface area contributed by atoms with Crippen LogP contribution in [0.5, 0.6) is 11.5 Å². The molecule has 0 amide bonds. The van der Waals surface area contributed by atoms with Crippen LogP contribution in [0.3, 0.4) is 0 Å². The summed E-state index contributed by atoms with van der Waals surface area (Å²) in [5.41, 5.74) is 10.4. The Morgan fingerprint density at radius 2 is 1.05 bits per heavy atom. The number of hydrogen-bond acceptors (Lipinski definition) is 14. The third-order valence-electron chi connectivity index (χ3n) is 19.1. The number of anilines is 2. The molecule has 2 aliphatic carbocycles. The fourth-order valence-corrected chi connectivity index (χ4v) is 14.1. The van der Waals surface area contributed by atoms with Gasteiger partial charge in [0.2, 0.25) is 0 Å². The molecule has 13 rings (SSSR count). The summed E-state index contributed by atoms with van der Waals surface area (Å²) in [7, 11) is -0.334. The van der Waals surface area contributed by atoms with Crippen molar-refractivity contribution in [1.82, 2.24) is 30.6 Å². The van der Waals surface area contributed by atoms with Gasteiger partial charge in [0.1, 0.15) is 34.3 Å². The standard InChI is InChI=1S/C31H36N4O3.C22H24BrNO3.C15H24BN3O2/c1-20-15-21(2)34-30(37)25(20)6-7-27(36)23-16-24-18-31(9-3-4-10-31)38-29(24)26(17-23)22-5-8-28(33-19-22)35-13-11-32-12-14-35;1-13-9-14(2)24-21(26)17(13)5-6-19(25)15-10-16-12-22(7-3-4-8-22)27-20(16)18(23)11-15;1-14(2)15(3,4)21-16(20-14)12-5-6-13(18-11-12)19-9-7-17-8-10-19/h5,8,15-17,19,32H,3-4,6-7,9-14,18H2,1-2H3,(H,34,37);9-11H,3-8,12H2,1-2H3,(H,24,26);5-6,11,17H,7-10H2,1-4H3. The Bertz CT molecular complexity index is 3580. The normalized spacial score (nSPS) is 19.3. The molecule has 9 heterocycles. The molecule has 6 aromatic rings. The SMILES string of the molecule is CC1(C)OB(c2ccc(N3CCNCC3)nc2)OC1(C)C.Cc1cc(C)c(CCC(=O)c2cc(Br)c3c(c2)CC2(CCCC2)O3)c(=O)[nH]1.Cc1cc(C)c(CCC(=O)c2cc3c(c(-c4ccc(N5CCNCC5)nc4)c2)OC2(CCCC2)C3)c(=O)[nH]1. The van der Waals surface area contributed by atoms with E-state index in [0.29, 0.717) is 41.5 Å². The van der Waals surface area contributed by atoms with E-state index in [-0.39, 0.29) is 58.6 Å². The molecule has 16 nitrogen and oxygen atoms in total. The second kappa shape index (κ2) is 25.3. The fourth-order valence-electron chi connectivity index (χ4n) is 13.5. The number of nitrogens with one attached hydrogen (secondary N) is 4. The number of carbonyl (C=O) groups is 2. The van der Waals surface area contributed by atoms with Crippen LogP contribution >= 0.6 is 15.9 Å². The van der Waals surface area contributed by atoms with E-state index in [0.717, 1.165) is 169 Å². The summed E-state index contributed by atoms with van der Waals surface area (Å²) >= 11 is 3.59. The summed E-state index contributed by atoms with van der Waals surface area (Å²) in [5.74, 6) is 3.92. The number of aromatic nitrogens is 4. The highest BCUT2D eigenvalue weighted by Crippen LogP contribution is 2.50. The van der Waals surface area contributed by atoms with Crippen LogP contribution in [0, 0.1) is 27.7 Å². The van der Waals surface area contributed by atoms with Gasteiger partial charge in [0.15, 0.2) is 11.6 Å². The highest BCUT2D eigenvalue weighted by atomic mass is 79.9. The number of hydrogen-bond donors (Lipinski definition) is 4. The number of piperazine rings is 2. The van der Waals surface area contributed by atoms with Crippen LogP contribution < -0.4 is 46.5 Å². The van der Waals surface area contributed by atoms with Gasteiger partial charge in [-0.3, -0.25) is 19.2 Å². The number of ketones is 2. The topological polar surface area (TPSA) is 193 Å². The molecule has 0 bridgehead atoms. The first-order chi connectivity index (χ1) is 41.2. The predicted octanol–water partition coefficient (Wildman–Crippen LogP) is 10.1. The number of H-pyrrole nitrogens is 2. The van der Waals surface area contributed by atoms with Gasteiger partial charge in [0.05, 0.1) is 15.7 Å². The molecule has 3 saturated heterocycles. The maximum absolute atomic E-state index is 13.5. The van der Waals surface area contributed by atoms with Crippen molar-refractivity contribution in [2.45, 2.75) is 168 Å². The zero-order chi connectivity index (χ0) is 60.5. The van der Waals surface area contributed by atoms with E-state index in [1.54, 1.807) is 0 Å². The Labute approximate surface area is 514 Å². The third kappa shape index (κ3) is 13.3. The van der Waals surface area contributed by atoms with Crippen molar-refractivity contribution in [2.75, 3.05) is 62.2 Å². The van der Waals surface area contributed by atoms with Crippen LogP contribution in [-0.2, 0) is 35.0 Å². The minimum Gasteiger partial charge on any atom is -0.486 e. The quantitative estimate of drug-likeness (QED) is 0.0668. The molecule has 2 aromatic carbocycles. The number of aromatic amines is 2. The van der Waals surface area contributed by atoms with E-state index in [4.69, 9.17) is 23.8 Å². The number of benzene rings is 2. The van der Waals surface area contributed by atoms with Gasteiger partial charge < -0.3 is 49.2 Å². The lowest BCUT2D eigenvalue weighted by Gasteiger charge is -2.32. The van der Waals surface area contributed by atoms with E-state index < -0.39 is 0 Å². The Hall–Kier alpha value is -6.44. The van der Waals surface area contributed by atoms with Crippen molar-refractivity contribution in [3.63, 3.8) is 0 Å². The van der Waals surface area contributed by atoms with E-state index in [1.165, 1.54) is 25.7 Å². The number of nitrogens with zero attached hydrogens (tertiary/aromatic N) is 4. The van der Waals surface area contributed by atoms with E-state index in [9.17, 15) is 19.2 Å². The first-order valence-corrected chi connectivity index (χ1v) is 32.0. The predicted molar refractivity (Wildman–Crippen MR) is 343 cm³/mol. The number of halogens is 1. The molecule has 0 atom stereocenters. The number of Topliss-reactive ketones (excluding diaryl/α,β-unsaturated/α-hetero) is 2. The zero-order valence-electron chi connectivity index (χ0n) is 51.5. The van der Waals surface area contributed by atoms with Crippen molar-refractivity contribution in [1.29, 1.82) is 0 Å². The number of rotatable bonds is 12. The highest BCUT2D eigenvalue weighted by Gasteiger charge is 2.52. The molecule has 2 spiro atoms. The average molecular weight is 1230 g/mol.